The van der Waals surface area contributed by atoms with Crippen LogP contribution < -0.4 is 4.74 Å². The van der Waals surface area contributed by atoms with Gasteiger partial charge in [0.2, 0.25) is 0 Å². The van der Waals surface area contributed by atoms with Crippen molar-refractivity contribution in [2.75, 3.05) is 26.9 Å². The molecule has 0 radical (unpaired) electrons. The molecule has 0 bridgehead atoms. The van der Waals surface area contributed by atoms with Gasteiger partial charge in [-0.15, -0.1) is 0 Å². The number of aromatic nitrogens is 1. The van der Waals surface area contributed by atoms with E-state index in [9.17, 15) is 5.11 Å². The summed E-state index contributed by atoms with van der Waals surface area (Å²) in [5.41, 5.74) is 0.135. The third-order valence-electron chi connectivity index (χ3n) is 3.56. The van der Waals surface area contributed by atoms with E-state index in [1.165, 1.54) is 0 Å². The number of hydrogen-bond donors (Lipinski definition) is 1. The van der Waals surface area contributed by atoms with Gasteiger partial charge in [0.05, 0.1) is 13.3 Å². The van der Waals surface area contributed by atoms with Crippen molar-refractivity contribution in [2.45, 2.75) is 31.5 Å². The first-order chi connectivity index (χ1) is 9.22. The average Bonchev–Trinajstić information content (AvgIpc) is 2.48. The van der Waals surface area contributed by atoms with Crippen LogP contribution in [0.1, 0.15) is 31.4 Å². The van der Waals surface area contributed by atoms with Crippen LogP contribution in [0.2, 0.25) is 0 Å². The number of pyridine rings is 1. The van der Waals surface area contributed by atoms with Gasteiger partial charge in [0.25, 0.3) is 0 Å². The number of hydrogen-bond acceptors (Lipinski definition) is 5. The van der Waals surface area contributed by atoms with E-state index in [0.29, 0.717) is 38.4 Å². The lowest BCUT2D eigenvalue weighted by Crippen LogP contribution is -2.44. The predicted octanol–water partition coefficient (Wildman–Crippen LogP) is 1.71. The summed E-state index contributed by atoms with van der Waals surface area (Å²) in [5.74, 6) is 0.634. The summed E-state index contributed by atoms with van der Waals surface area (Å²) in [6, 6.07) is 1.80. The molecular formula is C14H21NO4. The van der Waals surface area contributed by atoms with Crippen molar-refractivity contribution in [2.24, 2.45) is 0 Å². The Balaban J connectivity index is 2.24. The molecule has 1 N–H and O–H groups in total. The summed E-state index contributed by atoms with van der Waals surface area (Å²) < 4.78 is 16.4. The smallest absolute Gasteiger partial charge is 0.137 e. The second-order valence-electron chi connectivity index (χ2n) is 4.67. The quantitative estimate of drug-likeness (QED) is 0.880. The first-order valence-electron chi connectivity index (χ1n) is 6.60. The summed E-state index contributed by atoms with van der Waals surface area (Å²) in [6.45, 7) is 3.71. The van der Waals surface area contributed by atoms with E-state index in [4.69, 9.17) is 14.2 Å². The van der Waals surface area contributed by atoms with Crippen molar-refractivity contribution in [3.8, 4) is 5.75 Å². The second-order valence-corrected chi connectivity index (χ2v) is 4.67. The minimum atomic E-state index is -0.723. The molecule has 1 unspecified atom stereocenters. The van der Waals surface area contributed by atoms with Gasteiger partial charge in [0.1, 0.15) is 17.5 Å². The molecule has 1 aromatic heterocycles. The van der Waals surface area contributed by atoms with E-state index in [1.54, 1.807) is 25.6 Å². The molecule has 1 saturated heterocycles. The number of nitrogens with zero attached hydrogens (tertiary/aromatic N) is 1. The Morgan fingerprint density at radius 2 is 2.16 bits per heavy atom. The highest BCUT2D eigenvalue weighted by atomic mass is 16.5. The number of rotatable bonds is 5. The molecule has 0 saturated carbocycles. The summed E-state index contributed by atoms with van der Waals surface area (Å²) in [4.78, 5) is 4.09. The van der Waals surface area contributed by atoms with E-state index in [2.05, 4.69) is 4.98 Å². The molecule has 19 heavy (non-hydrogen) atoms. The van der Waals surface area contributed by atoms with Gasteiger partial charge in [0, 0.05) is 44.4 Å². The molecule has 1 aromatic rings. The molecule has 0 amide bonds. The van der Waals surface area contributed by atoms with E-state index in [0.717, 1.165) is 5.56 Å². The maximum Gasteiger partial charge on any atom is 0.137 e. The molecule has 1 aliphatic rings. The number of aliphatic hydroxyl groups excluding tert-OH is 1. The molecule has 0 aliphatic carbocycles. The molecule has 1 aliphatic heterocycles. The van der Waals surface area contributed by atoms with Gasteiger partial charge < -0.3 is 19.3 Å². The standard InChI is InChI=1S/C14H21NO4/c1-3-19-14(4-6-18-7-5-14)13(16)11-8-12(17-2)10-15-9-11/h8-10,13,16H,3-7H2,1-2H3. The fourth-order valence-corrected chi connectivity index (χ4v) is 2.50. The second kappa shape index (κ2) is 6.32. The van der Waals surface area contributed by atoms with E-state index < -0.39 is 11.7 Å². The third-order valence-corrected chi connectivity index (χ3v) is 3.56. The molecule has 0 spiro atoms. The first-order valence-corrected chi connectivity index (χ1v) is 6.60. The van der Waals surface area contributed by atoms with Gasteiger partial charge in [0.15, 0.2) is 0 Å². The van der Waals surface area contributed by atoms with Crippen molar-refractivity contribution < 1.29 is 19.3 Å². The molecule has 0 aromatic carbocycles. The fraction of sp³-hybridized carbons (Fsp3) is 0.643. The highest BCUT2D eigenvalue weighted by molar-refractivity contribution is 5.27. The van der Waals surface area contributed by atoms with Gasteiger partial charge in [-0.2, -0.15) is 0 Å². The van der Waals surface area contributed by atoms with Gasteiger partial charge in [-0.25, -0.2) is 0 Å². The van der Waals surface area contributed by atoms with Gasteiger partial charge in [-0.05, 0) is 13.0 Å². The molecular weight excluding hydrogens is 246 g/mol. The summed E-state index contributed by atoms with van der Waals surface area (Å²) in [6.07, 6.45) is 3.91. The Bertz CT molecular complexity index is 399. The summed E-state index contributed by atoms with van der Waals surface area (Å²) in [5, 5.41) is 10.7. The normalized spacial score (nSPS) is 19.9. The van der Waals surface area contributed by atoms with Crippen LogP contribution >= 0.6 is 0 Å². The fourth-order valence-electron chi connectivity index (χ4n) is 2.50. The van der Waals surface area contributed by atoms with Crippen molar-refractivity contribution in [3.05, 3.63) is 24.0 Å². The Hall–Kier alpha value is -1.17. The van der Waals surface area contributed by atoms with Crippen LogP contribution in [0, 0.1) is 0 Å². The van der Waals surface area contributed by atoms with Crippen molar-refractivity contribution in [3.63, 3.8) is 0 Å². The number of methoxy groups -OCH3 is 1. The van der Waals surface area contributed by atoms with Crippen LogP contribution in [-0.4, -0.2) is 42.6 Å². The van der Waals surface area contributed by atoms with Gasteiger partial charge in [-0.3, -0.25) is 4.98 Å². The van der Waals surface area contributed by atoms with E-state index in [1.807, 2.05) is 6.92 Å². The van der Waals surface area contributed by atoms with Crippen LogP contribution in [0.25, 0.3) is 0 Å². The molecule has 1 atom stereocenters. The van der Waals surface area contributed by atoms with Crippen LogP contribution in [0.3, 0.4) is 0 Å². The largest absolute Gasteiger partial charge is 0.495 e. The van der Waals surface area contributed by atoms with Gasteiger partial charge in [-0.1, -0.05) is 0 Å². The Kier molecular flexibility index (Phi) is 4.74. The average molecular weight is 267 g/mol. The maximum atomic E-state index is 10.7. The zero-order chi connectivity index (χ0) is 13.7. The van der Waals surface area contributed by atoms with Crippen LogP contribution in [0.5, 0.6) is 5.75 Å². The van der Waals surface area contributed by atoms with Gasteiger partial charge >= 0.3 is 0 Å². The monoisotopic (exact) mass is 267 g/mol. The van der Waals surface area contributed by atoms with Crippen LogP contribution in [-0.2, 0) is 9.47 Å². The number of aliphatic hydroxyl groups is 1. The zero-order valence-electron chi connectivity index (χ0n) is 11.5. The highest BCUT2D eigenvalue weighted by Gasteiger charge is 2.41. The first kappa shape index (κ1) is 14.2. The Morgan fingerprint density at radius 1 is 1.42 bits per heavy atom. The molecule has 106 valence electrons. The molecule has 5 heteroatoms. The molecule has 1 fully saturated rings. The Labute approximate surface area is 113 Å². The minimum Gasteiger partial charge on any atom is -0.495 e. The maximum absolute atomic E-state index is 10.7. The highest BCUT2D eigenvalue weighted by Crippen LogP contribution is 2.38. The lowest BCUT2D eigenvalue weighted by atomic mass is 9.84. The van der Waals surface area contributed by atoms with Crippen LogP contribution in [0.4, 0.5) is 0 Å². The summed E-state index contributed by atoms with van der Waals surface area (Å²) >= 11 is 0. The summed E-state index contributed by atoms with van der Waals surface area (Å²) in [7, 11) is 1.58. The van der Waals surface area contributed by atoms with Crippen LogP contribution in [0.15, 0.2) is 18.5 Å². The van der Waals surface area contributed by atoms with E-state index >= 15 is 0 Å². The Morgan fingerprint density at radius 3 is 2.79 bits per heavy atom. The zero-order valence-corrected chi connectivity index (χ0v) is 11.5. The van der Waals surface area contributed by atoms with Crippen molar-refractivity contribution >= 4 is 0 Å². The van der Waals surface area contributed by atoms with Crippen molar-refractivity contribution in [1.82, 2.24) is 4.98 Å². The molecule has 2 heterocycles. The van der Waals surface area contributed by atoms with E-state index in [-0.39, 0.29) is 0 Å². The third kappa shape index (κ3) is 3.05. The molecule has 2 rings (SSSR count). The lowest BCUT2D eigenvalue weighted by molar-refractivity contribution is -0.168. The topological polar surface area (TPSA) is 60.8 Å². The molecule has 5 nitrogen and oxygen atoms in total. The minimum absolute atomic E-state index is 0.564. The SMILES string of the molecule is CCOC1(C(O)c2cncc(OC)c2)CCOCC1. The lowest BCUT2D eigenvalue weighted by Gasteiger charge is -2.40. The number of ether oxygens (including phenoxy) is 3. The van der Waals surface area contributed by atoms with Crippen molar-refractivity contribution in [1.29, 1.82) is 0 Å². The predicted molar refractivity (Wildman–Crippen MR) is 70.2 cm³/mol.